The topological polar surface area (TPSA) is 12.9 Å². The van der Waals surface area contributed by atoms with Crippen LogP contribution in [0.3, 0.4) is 0 Å². The molecule has 1 aromatic carbocycles. The first-order valence-electron chi connectivity index (χ1n) is 3.60. The molecular formula is C10H8NY-. The minimum atomic E-state index is 0. The number of hydrogen-bond donors (Lipinski definition) is 0. The van der Waals surface area contributed by atoms with E-state index in [9.17, 15) is 0 Å². The Morgan fingerprint density at radius 2 is 2.08 bits per heavy atom. The van der Waals surface area contributed by atoms with E-state index in [1.165, 1.54) is 0 Å². The fraction of sp³-hybridized carbons (Fsp3) is 0.100. The van der Waals surface area contributed by atoms with E-state index in [1.54, 1.807) is 0 Å². The molecular weight excluding hydrogens is 223 g/mol. The van der Waals surface area contributed by atoms with Gasteiger partial charge in [-0.25, -0.2) is 0 Å². The third-order valence-electron chi connectivity index (χ3n) is 1.67. The van der Waals surface area contributed by atoms with Crippen LogP contribution in [0.4, 0.5) is 0 Å². The molecule has 0 aliphatic carbocycles. The molecule has 57 valence electrons. The van der Waals surface area contributed by atoms with Gasteiger partial charge < -0.3 is 0 Å². The van der Waals surface area contributed by atoms with E-state index in [-0.39, 0.29) is 32.7 Å². The molecule has 1 aromatic heterocycles. The average molecular weight is 231 g/mol. The van der Waals surface area contributed by atoms with Gasteiger partial charge in [0.1, 0.15) is 0 Å². The van der Waals surface area contributed by atoms with Crippen LogP contribution in [0.1, 0.15) is 5.69 Å². The van der Waals surface area contributed by atoms with Gasteiger partial charge in [-0.05, 0) is 12.4 Å². The minimum absolute atomic E-state index is 0. The quantitative estimate of drug-likeness (QED) is 0.634. The molecule has 0 unspecified atom stereocenters. The van der Waals surface area contributed by atoms with Crippen molar-refractivity contribution < 1.29 is 32.7 Å². The number of aromatic nitrogens is 1. The van der Waals surface area contributed by atoms with E-state index in [4.69, 9.17) is 0 Å². The van der Waals surface area contributed by atoms with E-state index in [2.05, 4.69) is 17.1 Å². The van der Waals surface area contributed by atoms with Gasteiger partial charge in [-0.2, -0.15) is 18.2 Å². The third kappa shape index (κ3) is 1.91. The molecule has 0 amide bonds. The van der Waals surface area contributed by atoms with Gasteiger partial charge in [0.25, 0.3) is 0 Å². The van der Waals surface area contributed by atoms with E-state index >= 15 is 0 Å². The maximum Gasteiger partial charge on any atom is 0.0344 e. The molecule has 0 atom stereocenters. The molecule has 0 aliphatic rings. The molecule has 1 radical (unpaired) electrons. The summed E-state index contributed by atoms with van der Waals surface area (Å²) in [5, 5.41) is 1.15. The molecule has 12 heavy (non-hydrogen) atoms. The first-order valence-corrected chi connectivity index (χ1v) is 3.60. The smallest absolute Gasteiger partial charge is 0.0344 e. The summed E-state index contributed by atoms with van der Waals surface area (Å²) >= 11 is 0. The number of benzene rings is 1. The Kier molecular flexibility index (Phi) is 3.36. The van der Waals surface area contributed by atoms with Crippen molar-refractivity contribution in [1.82, 2.24) is 4.98 Å². The van der Waals surface area contributed by atoms with Crippen molar-refractivity contribution in [2.75, 3.05) is 0 Å². The summed E-state index contributed by atoms with van der Waals surface area (Å²) in [7, 11) is 0. The number of rotatable bonds is 0. The van der Waals surface area contributed by atoms with Crippen LogP contribution in [0.25, 0.3) is 10.9 Å². The third-order valence-corrected chi connectivity index (χ3v) is 1.67. The van der Waals surface area contributed by atoms with Crippen LogP contribution >= 0.6 is 0 Å². The monoisotopic (exact) mass is 231 g/mol. The average Bonchev–Trinajstić information content (AvgIpc) is 2.04. The second-order valence-corrected chi connectivity index (χ2v) is 2.57. The summed E-state index contributed by atoms with van der Waals surface area (Å²) in [5.74, 6) is 0. The van der Waals surface area contributed by atoms with Crippen LogP contribution in [0.5, 0.6) is 0 Å². The summed E-state index contributed by atoms with van der Waals surface area (Å²) in [6, 6.07) is 12.9. The van der Waals surface area contributed by atoms with Gasteiger partial charge in [0.15, 0.2) is 0 Å². The molecule has 0 N–H and O–H groups in total. The van der Waals surface area contributed by atoms with Crippen molar-refractivity contribution in [3.05, 3.63) is 42.1 Å². The molecule has 0 bridgehead atoms. The Hall–Kier alpha value is -0.266. The maximum atomic E-state index is 4.36. The van der Waals surface area contributed by atoms with Crippen LogP contribution in [-0.4, -0.2) is 4.98 Å². The van der Waals surface area contributed by atoms with Crippen molar-refractivity contribution in [3.63, 3.8) is 0 Å². The Labute approximate surface area is 97.1 Å². The molecule has 1 heterocycles. The zero-order chi connectivity index (χ0) is 7.68. The predicted molar refractivity (Wildman–Crippen MR) is 45.3 cm³/mol. The maximum absolute atomic E-state index is 4.36. The van der Waals surface area contributed by atoms with Crippen LogP contribution in [0.15, 0.2) is 30.3 Å². The summed E-state index contributed by atoms with van der Waals surface area (Å²) in [5.41, 5.74) is 2.10. The first kappa shape index (κ1) is 9.82. The fourth-order valence-corrected chi connectivity index (χ4v) is 1.11. The van der Waals surface area contributed by atoms with Crippen LogP contribution in [0.2, 0.25) is 0 Å². The van der Waals surface area contributed by atoms with Crippen molar-refractivity contribution in [2.24, 2.45) is 0 Å². The van der Waals surface area contributed by atoms with Gasteiger partial charge in [0.05, 0.1) is 0 Å². The Morgan fingerprint density at radius 1 is 1.25 bits per heavy atom. The largest absolute Gasteiger partial charge is 0.279 e. The van der Waals surface area contributed by atoms with Crippen molar-refractivity contribution in [3.8, 4) is 0 Å². The van der Waals surface area contributed by atoms with Gasteiger partial charge in [-0.15, -0.1) is 17.5 Å². The van der Waals surface area contributed by atoms with Crippen LogP contribution in [0, 0.1) is 13.0 Å². The number of aryl methyl sites for hydroxylation is 1. The standard InChI is InChI=1S/C10H8N.Y/c1-8-6-7-9-4-2-3-5-10(9)11-8;/h3-7H,1H3;/q-1;. The fourth-order valence-electron chi connectivity index (χ4n) is 1.11. The Bertz CT molecular complexity index is 384. The summed E-state index contributed by atoms with van der Waals surface area (Å²) in [6.45, 7) is 2.00. The summed E-state index contributed by atoms with van der Waals surface area (Å²) < 4.78 is 0. The number of hydrogen-bond acceptors (Lipinski definition) is 1. The van der Waals surface area contributed by atoms with Crippen molar-refractivity contribution in [2.45, 2.75) is 6.92 Å². The SMILES string of the molecule is Cc1ccc2c[c-]ccc2n1.[Y]. The molecule has 2 rings (SSSR count). The predicted octanol–water partition coefficient (Wildman–Crippen LogP) is 2.34. The van der Waals surface area contributed by atoms with Gasteiger partial charge in [-0.3, -0.25) is 4.98 Å². The van der Waals surface area contributed by atoms with Gasteiger partial charge in [0.2, 0.25) is 0 Å². The van der Waals surface area contributed by atoms with Crippen molar-refractivity contribution in [1.29, 1.82) is 0 Å². The second kappa shape index (κ2) is 4.11. The molecule has 2 heteroatoms. The minimum Gasteiger partial charge on any atom is -0.279 e. The Morgan fingerprint density at radius 3 is 2.92 bits per heavy atom. The second-order valence-electron chi connectivity index (χ2n) is 2.57. The number of nitrogens with zero attached hydrogens (tertiary/aromatic N) is 1. The molecule has 0 aliphatic heterocycles. The van der Waals surface area contributed by atoms with Crippen LogP contribution in [-0.2, 0) is 32.7 Å². The van der Waals surface area contributed by atoms with Gasteiger partial charge in [-0.1, -0.05) is 6.07 Å². The molecule has 2 aromatic rings. The van der Waals surface area contributed by atoms with E-state index in [1.807, 2.05) is 31.2 Å². The molecule has 0 saturated carbocycles. The molecule has 0 spiro atoms. The zero-order valence-electron chi connectivity index (χ0n) is 6.91. The molecule has 1 nitrogen and oxygen atoms in total. The first-order chi connectivity index (χ1) is 5.36. The Balaban J connectivity index is 0.000000720. The van der Waals surface area contributed by atoms with Gasteiger partial charge >= 0.3 is 0 Å². The summed E-state index contributed by atoms with van der Waals surface area (Å²) in [4.78, 5) is 4.36. The van der Waals surface area contributed by atoms with Crippen LogP contribution < -0.4 is 0 Å². The summed E-state index contributed by atoms with van der Waals surface area (Å²) in [6.07, 6.45) is 0. The normalized spacial score (nSPS) is 9.42. The van der Waals surface area contributed by atoms with Crippen molar-refractivity contribution >= 4 is 10.9 Å². The van der Waals surface area contributed by atoms with E-state index in [0.717, 1.165) is 16.6 Å². The van der Waals surface area contributed by atoms with E-state index in [0.29, 0.717) is 0 Å². The molecule has 0 saturated heterocycles. The zero-order valence-corrected chi connectivity index (χ0v) is 9.75. The number of pyridine rings is 1. The van der Waals surface area contributed by atoms with Gasteiger partial charge in [0, 0.05) is 38.4 Å². The number of fused-ring (bicyclic) bond motifs is 1. The van der Waals surface area contributed by atoms with E-state index < -0.39 is 0 Å². The molecule has 0 fully saturated rings.